The van der Waals surface area contributed by atoms with Gasteiger partial charge in [0.15, 0.2) is 0 Å². The number of aryl methyl sites for hydroxylation is 1. The second kappa shape index (κ2) is 9.69. The van der Waals surface area contributed by atoms with E-state index in [-0.39, 0.29) is 28.1 Å². The molecule has 0 aliphatic carbocycles. The van der Waals surface area contributed by atoms with Crippen molar-refractivity contribution in [3.8, 4) is 0 Å². The quantitative estimate of drug-likeness (QED) is 0.445. The first-order valence-corrected chi connectivity index (χ1v) is 11.9. The van der Waals surface area contributed by atoms with E-state index in [2.05, 4.69) is 15.4 Å². The van der Waals surface area contributed by atoms with E-state index in [1.807, 2.05) is 13.0 Å². The van der Waals surface area contributed by atoms with Crippen LogP contribution in [-0.2, 0) is 14.8 Å². The molecule has 0 aliphatic heterocycles. The standard InChI is InChI=1S/C20H17Cl2N3O4S2/c1-12-2-9-18(30-12)20(27)23-11-19(26)24-17-10-15(7-8-16(17)22)31(28,29)25-14-5-3-13(21)4-6-14/h2-10,25H,11H2,1H3,(H,23,27)(H,24,26). The number of benzene rings is 2. The smallest absolute Gasteiger partial charge is 0.261 e. The van der Waals surface area contributed by atoms with Gasteiger partial charge in [0.2, 0.25) is 5.91 Å². The lowest BCUT2D eigenvalue weighted by atomic mass is 10.3. The van der Waals surface area contributed by atoms with Crippen molar-refractivity contribution in [3.63, 3.8) is 0 Å². The summed E-state index contributed by atoms with van der Waals surface area (Å²) in [7, 11) is -3.93. The van der Waals surface area contributed by atoms with E-state index in [4.69, 9.17) is 23.2 Å². The molecule has 0 unspecified atom stereocenters. The molecule has 0 spiro atoms. The zero-order valence-electron chi connectivity index (χ0n) is 16.1. The van der Waals surface area contributed by atoms with Crippen LogP contribution in [0.2, 0.25) is 10.0 Å². The van der Waals surface area contributed by atoms with Gasteiger partial charge in [0.05, 0.1) is 27.0 Å². The number of amides is 2. The summed E-state index contributed by atoms with van der Waals surface area (Å²) < 4.78 is 27.7. The van der Waals surface area contributed by atoms with Crippen LogP contribution in [0.4, 0.5) is 11.4 Å². The summed E-state index contributed by atoms with van der Waals surface area (Å²) in [5, 5.41) is 5.65. The number of sulfonamides is 1. The summed E-state index contributed by atoms with van der Waals surface area (Å²) in [6.45, 7) is 1.57. The van der Waals surface area contributed by atoms with Crippen LogP contribution in [0.3, 0.4) is 0 Å². The van der Waals surface area contributed by atoms with E-state index in [1.54, 1.807) is 18.2 Å². The van der Waals surface area contributed by atoms with Gasteiger partial charge >= 0.3 is 0 Å². The lowest BCUT2D eigenvalue weighted by Crippen LogP contribution is -2.32. The first kappa shape index (κ1) is 23.1. The molecule has 0 fully saturated rings. The highest BCUT2D eigenvalue weighted by Crippen LogP contribution is 2.27. The fourth-order valence-corrected chi connectivity index (χ4v) is 4.66. The first-order valence-electron chi connectivity index (χ1n) is 8.86. The Bertz CT molecular complexity index is 1230. The van der Waals surface area contributed by atoms with Gasteiger partial charge in [-0.2, -0.15) is 0 Å². The summed E-state index contributed by atoms with van der Waals surface area (Å²) >= 11 is 13.2. The molecule has 0 aliphatic rings. The van der Waals surface area contributed by atoms with Gasteiger partial charge in [0, 0.05) is 15.6 Å². The minimum absolute atomic E-state index is 0.0970. The number of hydrogen-bond acceptors (Lipinski definition) is 5. The maximum atomic E-state index is 12.7. The Morgan fingerprint density at radius 2 is 1.71 bits per heavy atom. The summed E-state index contributed by atoms with van der Waals surface area (Å²) in [6.07, 6.45) is 0. The summed E-state index contributed by atoms with van der Waals surface area (Å²) in [4.78, 5) is 25.7. The molecule has 162 valence electrons. The van der Waals surface area contributed by atoms with Crippen LogP contribution in [-0.4, -0.2) is 26.8 Å². The molecule has 0 radical (unpaired) electrons. The van der Waals surface area contributed by atoms with Crippen LogP contribution in [0.15, 0.2) is 59.5 Å². The average molecular weight is 498 g/mol. The van der Waals surface area contributed by atoms with Crippen molar-refractivity contribution in [2.75, 3.05) is 16.6 Å². The molecule has 31 heavy (non-hydrogen) atoms. The minimum Gasteiger partial charge on any atom is -0.342 e. The Balaban J connectivity index is 1.67. The fourth-order valence-electron chi connectivity index (χ4n) is 2.50. The molecule has 0 saturated carbocycles. The van der Waals surface area contributed by atoms with Gasteiger partial charge in [-0.15, -0.1) is 11.3 Å². The third-order valence-corrected chi connectivity index (χ3v) is 6.95. The van der Waals surface area contributed by atoms with Gasteiger partial charge in [-0.1, -0.05) is 23.2 Å². The van der Waals surface area contributed by atoms with E-state index >= 15 is 0 Å². The number of rotatable bonds is 7. The van der Waals surface area contributed by atoms with Gasteiger partial charge in [-0.25, -0.2) is 8.42 Å². The molecular formula is C20H17Cl2N3O4S2. The number of carbonyl (C=O) groups excluding carboxylic acids is 2. The van der Waals surface area contributed by atoms with Crippen LogP contribution in [0.25, 0.3) is 0 Å². The Morgan fingerprint density at radius 3 is 2.35 bits per heavy atom. The highest BCUT2D eigenvalue weighted by molar-refractivity contribution is 7.92. The van der Waals surface area contributed by atoms with Crippen LogP contribution >= 0.6 is 34.5 Å². The van der Waals surface area contributed by atoms with Gasteiger partial charge < -0.3 is 10.6 Å². The molecule has 11 heteroatoms. The lowest BCUT2D eigenvalue weighted by Gasteiger charge is -2.12. The molecule has 2 amide bonds. The lowest BCUT2D eigenvalue weighted by molar-refractivity contribution is -0.115. The monoisotopic (exact) mass is 497 g/mol. The predicted octanol–water partition coefficient (Wildman–Crippen LogP) is 4.53. The van der Waals surface area contributed by atoms with Gasteiger partial charge in [0.1, 0.15) is 0 Å². The Morgan fingerprint density at radius 1 is 1.00 bits per heavy atom. The molecule has 3 rings (SSSR count). The van der Waals surface area contributed by atoms with E-state index in [0.717, 1.165) is 4.88 Å². The van der Waals surface area contributed by atoms with Crippen LogP contribution < -0.4 is 15.4 Å². The topological polar surface area (TPSA) is 104 Å². The summed E-state index contributed by atoms with van der Waals surface area (Å²) in [5.74, 6) is -0.924. The molecule has 0 bridgehead atoms. The molecule has 0 saturated heterocycles. The van der Waals surface area contributed by atoms with Crippen LogP contribution in [0.5, 0.6) is 0 Å². The Hall–Kier alpha value is -2.59. The van der Waals surface area contributed by atoms with Crippen molar-refractivity contribution in [1.29, 1.82) is 0 Å². The van der Waals surface area contributed by atoms with Crippen molar-refractivity contribution in [2.45, 2.75) is 11.8 Å². The van der Waals surface area contributed by atoms with Crippen LogP contribution in [0.1, 0.15) is 14.5 Å². The number of carbonyl (C=O) groups is 2. The zero-order valence-corrected chi connectivity index (χ0v) is 19.3. The zero-order chi connectivity index (χ0) is 22.6. The third kappa shape index (κ3) is 6.20. The Kier molecular flexibility index (Phi) is 7.22. The van der Waals surface area contributed by atoms with Gasteiger partial charge in [-0.3, -0.25) is 14.3 Å². The third-order valence-electron chi connectivity index (χ3n) is 3.99. The second-order valence-corrected chi connectivity index (χ2v) is 10.2. The second-order valence-electron chi connectivity index (χ2n) is 6.40. The molecular weight excluding hydrogens is 481 g/mol. The Labute approximate surface area is 193 Å². The highest BCUT2D eigenvalue weighted by Gasteiger charge is 2.17. The maximum Gasteiger partial charge on any atom is 0.261 e. The summed E-state index contributed by atoms with van der Waals surface area (Å²) in [5.41, 5.74) is 0.434. The van der Waals surface area contributed by atoms with E-state index < -0.39 is 15.9 Å². The number of thiophene rings is 1. The van der Waals surface area contributed by atoms with Gasteiger partial charge in [0.25, 0.3) is 15.9 Å². The van der Waals surface area contributed by atoms with Gasteiger partial charge in [-0.05, 0) is 61.5 Å². The molecule has 0 atom stereocenters. The largest absolute Gasteiger partial charge is 0.342 e. The van der Waals surface area contributed by atoms with E-state index in [0.29, 0.717) is 15.6 Å². The maximum absolute atomic E-state index is 12.7. The number of nitrogens with one attached hydrogen (secondary N) is 3. The van der Waals surface area contributed by atoms with Crippen molar-refractivity contribution < 1.29 is 18.0 Å². The molecule has 2 aromatic carbocycles. The van der Waals surface area contributed by atoms with E-state index in [9.17, 15) is 18.0 Å². The molecule has 1 aromatic heterocycles. The van der Waals surface area contributed by atoms with Crippen molar-refractivity contribution in [3.05, 3.63) is 74.4 Å². The summed E-state index contributed by atoms with van der Waals surface area (Å²) in [6, 6.07) is 13.6. The van der Waals surface area contributed by atoms with Crippen molar-refractivity contribution >= 4 is 67.8 Å². The highest BCUT2D eigenvalue weighted by atomic mass is 35.5. The number of halogens is 2. The number of hydrogen-bond donors (Lipinski definition) is 3. The van der Waals surface area contributed by atoms with E-state index in [1.165, 1.54) is 41.7 Å². The SMILES string of the molecule is Cc1ccc(C(=O)NCC(=O)Nc2cc(S(=O)(=O)Nc3ccc(Cl)cc3)ccc2Cl)s1. The first-order chi connectivity index (χ1) is 14.6. The molecule has 3 N–H and O–H groups in total. The fraction of sp³-hybridized carbons (Fsp3) is 0.100. The van der Waals surface area contributed by atoms with Crippen molar-refractivity contribution in [1.82, 2.24) is 5.32 Å². The normalized spacial score (nSPS) is 11.1. The predicted molar refractivity (Wildman–Crippen MR) is 124 cm³/mol. The number of anilines is 2. The minimum atomic E-state index is -3.93. The average Bonchev–Trinajstić information content (AvgIpc) is 3.16. The van der Waals surface area contributed by atoms with Crippen LogP contribution in [0, 0.1) is 6.92 Å². The molecule has 7 nitrogen and oxygen atoms in total. The molecule has 1 heterocycles. The van der Waals surface area contributed by atoms with Crippen molar-refractivity contribution in [2.24, 2.45) is 0 Å². The molecule has 3 aromatic rings.